The summed E-state index contributed by atoms with van der Waals surface area (Å²) in [6.07, 6.45) is 7.71. The van der Waals surface area contributed by atoms with Crippen molar-refractivity contribution in [3.05, 3.63) is 90.0 Å². The van der Waals surface area contributed by atoms with Crippen molar-refractivity contribution in [2.75, 3.05) is 58.9 Å². The maximum absolute atomic E-state index is 13.0. The molecular formula is C42H55N3O6. The lowest BCUT2D eigenvalue weighted by molar-refractivity contribution is -0.150. The van der Waals surface area contributed by atoms with E-state index in [9.17, 15) is 9.59 Å². The SMILES string of the molecule is COC(CN(C(=O)CCOCCc1ccc(CCN2CC3CC(OC(=O)Nc4ccccc4-c4ccccc4)C[C@H]3C2)cc1)C1CCCC1)OC. The lowest BCUT2D eigenvalue weighted by Gasteiger charge is -2.31. The Morgan fingerprint density at radius 3 is 2.16 bits per heavy atom. The summed E-state index contributed by atoms with van der Waals surface area (Å²) in [6.45, 7) is 4.66. The molecule has 274 valence electrons. The Balaban J connectivity index is 0.857. The molecule has 1 heterocycles. The van der Waals surface area contributed by atoms with E-state index in [1.54, 1.807) is 14.2 Å². The smallest absolute Gasteiger partial charge is 0.411 e. The largest absolute Gasteiger partial charge is 0.446 e. The van der Waals surface area contributed by atoms with Gasteiger partial charge in [-0.05, 0) is 73.1 Å². The Kier molecular flexibility index (Phi) is 13.5. The molecule has 0 radical (unpaired) electrons. The minimum Gasteiger partial charge on any atom is -0.446 e. The molecule has 6 rings (SSSR count). The standard InChI is InChI=1S/C42H55N3O6/c1-48-41(49-2)30-45(36-12-6-7-13-36)40(46)22-25-50-24-21-32-18-16-31(17-19-32)20-23-44-28-34-26-37(27-35(34)29-44)51-42(47)43-39-15-9-8-14-38(39)33-10-4-3-5-11-33/h3-5,8-11,14-19,34-37,41H,6-7,12-13,20-30H2,1-2H3,(H,43,47)/t34-,35?,37?/m0/s1. The molecule has 9 nitrogen and oxygen atoms in total. The number of benzene rings is 3. The van der Waals surface area contributed by atoms with Crippen LogP contribution in [-0.2, 0) is 36.6 Å². The van der Waals surface area contributed by atoms with E-state index in [1.807, 2.05) is 59.5 Å². The number of anilines is 1. The summed E-state index contributed by atoms with van der Waals surface area (Å²) in [4.78, 5) is 30.4. The van der Waals surface area contributed by atoms with Crippen LogP contribution in [0.5, 0.6) is 0 Å². The number of nitrogens with zero attached hydrogens (tertiary/aromatic N) is 2. The second kappa shape index (κ2) is 18.6. The minimum atomic E-state index is -0.404. The zero-order chi connectivity index (χ0) is 35.4. The molecule has 0 bridgehead atoms. The van der Waals surface area contributed by atoms with E-state index in [4.69, 9.17) is 18.9 Å². The van der Waals surface area contributed by atoms with E-state index in [0.717, 1.165) is 75.0 Å². The third-order valence-electron chi connectivity index (χ3n) is 11.0. The molecule has 1 aliphatic heterocycles. The predicted molar refractivity (Wildman–Crippen MR) is 199 cm³/mol. The van der Waals surface area contributed by atoms with Crippen LogP contribution in [0.15, 0.2) is 78.9 Å². The number of rotatable bonds is 17. The Labute approximate surface area is 303 Å². The quantitative estimate of drug-likeness (QED) is 0.118. The van der Waals surface area contributed by atoms with Crippen LogP contribution < -0.4 is 5.32 Å². The number of methoxy groups -OCH3 is 2. The summed E-state index contributed by atoms with van der Waals surface area (Å²) in [5.41, 5.74) is 5.40. The number of carbonyl (C=O) groups is 2. The van der Waals surface area contributed by atoms with Crippen LogP contribution in [0.2, 0.25) is 0 Å². The average Bonchev–Trinajstić information content (AvgIpc) is 3.90. The highest BCUT2D eigenvalue weighted by Gasteiger charge is 2.42. The van der Waals surface area contributed by atoms with Gasteiger partial charge in [-0.15, -0.1) is 0 Å². The van der Waals surface area contributed by atoms with Crippen molar-refractivity contribution >= 4 is 17.7 Å². The molecule has 1 saturated heterocycles. The first-order valence-electron chi connectivity index (χ1n) is 18.8. The Bertz CT molecular complexity index is 1510. The summed E-state index contributed by atoms with van der Waals surface area (Å²) in [6, 6.07) is 27.1. The number of fused-ring (bicyclic) bond motifs is 1. The van der Waals surface area contributed by atoms with Crippen LogP contribution in [0.25, 0.3) is 11.1 Å². The molecule has 3 aromatic carbocycles. The van der Waals surface area contributed by atoms with Crippen molar-refractivity contribution in [2.24, 2.45) is 11.8 Å². The number of hydrogen-bond donors (Lipinski definition) is 1. The number of nitrogens with one attached hydrogen (secondary N) is 1. The van der Waals surface area contributed by atoms with Gasteiger partial charge in [-0.25, -0.2) is 4.79 Å². The second-order valence-corrected chi connectivity index (χ2v) is 14.4. The van der Waals surface area contributed by atoms with Crippen LogP contribution in [0.4, 0.5) is 10.5 Å². The molecule has 1 N–H and O–H groups in total. The molecule has 9 heteroatoms. The van der Waals surface area contributed by atoms with Gasteiger partial charge in [0.15, 0.2) is 6.29 Å². The monoisotopic (exact) mass is 697 g/mol. The maximum Gasteiger partial charge on any atom is 0.411 e. The second-order valence-electron chi connectivity index (χ2n) is 14.4. The van der Waals surface area contributed by atoms with E-state index in [1.165, 1.54) is 24.0 Å². The van der Waals surface area contributed by atoms with Gasteiger partial charge < -0.3 is 28.7 Å². The fourth-order valence-electron chi connectivity index (χ4n) is 8.20. The Hall–Kier alpha value is -3.76. The van der Waals surface area contributed by atoms with Gasteiger partial charge in [-0.2, -0.15) is 0 Å². The van der Waals surface area contributed by atoms with Gasteiger partial charge in [-0.3, -0.25) is 10.1 Å². The van der Waals surface area contributed by atoms with Gasteiger partial charge in [0.1, 0.15) is 6.10 Å². The molecule has 2 amide bonds. The molecule has 3 aliphatic rings. The Morgan fingerprint density at radius 1 is 0.824 bits per heavy atom. The van der Waals surface area contributed by atoms with Crippen molar-refractivity contribution in [2.45, 2.75) is 76.2 Å². The normalized spacial score (nSPS) is 20.5. The third-order valence-corrected chi connectivity index (χ3v) is 11.0. The zero-order valence-electron chi connectivity index (χ0n) is 30.3. The summed E-state index contributed by atoms with van der Waals surface area (Å²) in [5, 5.41) is 2.99. The van der Waals surface area contributed by atoms with Crippen molar-refractivity contribution < 1.29 is 28.5 Å². The van der Waals surface area contributed by atoms with E-state index in [-0.39, 0.29) is 24.1 Å². The van der Waals surface area contributed by atoms with Crippen LogP contribution in [0, 0.1) is 11.8 Å². The lowest BCUT2D eigenvalue weighted by atomic mass is 10.0. The predicted octanol–water partition coefficient (Wildman–Crippen LogP) is 7.19. The highest BCUT2D eigenvalue weighted by molar-refractivity contribution is 5.91. The van der Waals surface area contributed by atoms with E-state index >= 15 is 0 Å². The first-order valence-corrected chi connectivity index (χ1v) is 18.8. The van der Waals surface area contributed by atoms with Crippen molar-refractivity contribution in [3.63, 3.8) is 0 Å². The van der Waals surface area contributed by atoms with E-state index < -0.39 is 6.29 Å². The van der Waals surface area contributed by atoms with Crippen LogP contribution in [0.1, 0.15) is 56.1 Å². The van der Waals surface area contributed by atoms with Gasteiger partial charge in [0, 0.05) is 45.5 Å². The highest BCUT2D eigenvalue weighted by Crippen LogP contribution is 2.40. The first kappa shape index (κ1) is 37.0. The van der Waals surface area contributed by atoms with Crippen molar-refractivity contribution in [3.8, 4) is 11.1 Å². The van der Waals surface area contributed by atoms with Crippen molar-refractivity contribution in [1.29, 1.82) is 0 Å². The molecule has 2 aliphatic carbocycles. The number of ether oxygens (including phenoxy) is 4. The summed E-state index contributed by atoms with van der Waals surface area (Å²) < 4.78 is 22.5. The van der Waals surface area contributed by atoms with Gasteiger partial charge in [0.2, 0.25) is 5.91 Å². The van der Waals surface area contributed by atoms with Crippen LogP contribution in [0.3, 0.4) is 0 Å². The fourth-order valence-corrected chi connectivity index (χ4v) is 8.20. The molecule has 2 unspecified atom stereocenters. The molecule has 3 aromatic rings. The number of likely N-dealkylation sites (tertiary alicyclic amines) is 1. The maximum atomic E-state index is 13.0. The molecule has 3 fully saturated rings. The molecule has 0 aromatic heterocycles. The number of carbonyl (C=O) groups excluding carboxylic acids is 2. The molecule has 0 spiro atoms. The molecular weight excluding hydrogens is 642 g/mol. The minimum absolute atomic E-state index is 0.0285. The summed E-state index contributed by atoms with van der Waals surface area (Å²) >= 11 is 0. The summed E-state index contributed by atoms with van der Waals surface area (Å²) in [7, 11) is 3.23. The van der Waals surface area contributed by atoms with Gasteiger partial charge in [0.25, 0.3) is 0 Å². The third kappa shape index (κ3) is 10.4. The van der Waals surface area contributed by atoms with E-state index in [2.05, 4.69) is 34.5 Å². The fraction of sp³-hybridized carbons (Fsp3) is 0.524. The topological polar surface area (TPSA) is 89.6 Å². The average molecular weight is 698 g/mol. The Morgan fingerprint density at radius 2 is 1.47 bits per heavy atom. The van der Waals surface area contributed by atoms with Crippen LogP contribution >= 0.6 is 0 Å². The summed E-state index contributed by atoms with van der Waals surface area (Å²) in [5.74, 6) is 1.27. The molecule has 51 heavy (non-hydrogen) atoms. The number of para-hydroxylation sites is 1. The number of amides is 2. The highest BCUT2D eigenvalue weighted by atomic mass is 16.7. The molecule has 3 atom stereocenters. The van der Waals surface area contributed by atoms with Gasteiger partial charge in [0.05, 0.1) is 31.9 Å². The molecule has 2 saturated carbocycles. The number of hydrogen-bond acceptors (Lipinski definition) is 7. The first-order chi connectivity index (χ1) is 25.0. The zero-order valence-corrected chi connectivity index (χ0v) is 30.3. The van der Waals surface area contributed by atoms with Crippen LogP contribution in [-0.4, -0.2) is 93.8 Å². The van der Waals surface area contributed by atoms with Gasteiger partial charge in [-0.1, -0.05) is 85.6 Å². The lowest BCUT2D eigenvalue weighted by Crippen LogP contribution is -2.44. The van der Waals surface area contributed by atoms with Crippen molar-refractivity contribution in [1.82, 2.24) is 9.80 Å². The van der Waals surface area contributed by atoms with Gasteiger partial charge >= 0.3 is 6.09 Å². The van der Waals surface area contributed by atoms with E-state index in [0.29, 0.717) is 38.0 Å².